The maximum atomic E-state index is 12.8. The van der Waals surface area contributed by atoms with Crippen LogP contribution in [0.3, 0.4) is 0 Å². The van der Waals surface area contributed by atoms with Crippen LogP contribution in [0.25, 0.3) is 0 Å². The van der Waals surface area contributed by atoms with E-state index < -0.39 is 24.3 Å². The molecule has 0 saturated carbocycles. The van der Waals surface area contributed by atoms with Crippen molar-refractivity contribution in [3.63, 3.8) is 0 Å². The first-order chi connectivity index (χ1) is 33.1. The van der Waals surface area contributed by atoms with Crippen LogP contribution in [0.2, 0.25) is 0 Å². The largest absolute Gasteiger partial charge is 0.545 e. The summed E-state index contributed by atoms with van der Waals surface area (Å²) in [4.78, 5) is 36.9. The van der Waals surface area contributed by atoms with E-state index in [0.717, 1.165) is 38.5 Å². The first-order valence-electron chi connectivity index (χ1n) is 29.7. The minimum atomic E-state index is -1.61. The molecule has 0 fully saturated rings. The van der Waals surface area contributed by atoms with Crippen molar-refractivity contribution in [1.82, 2.24) is 0 Å². The number of aliphatic carboxylic acids is 1. The number of carboxylic acid groups (broad SMARTS) is 1. The summed E-state index contributed by atoms with van der Waals surface area (Å²) < 4.78 is 22.5. The molecule has 0 spiro atoms. The van der Waals surface area contributed by atoms with Crippen molar-refractivity contribution >= 4 is 17.9 Å². The Balaban J connectivity index is 3.82. The number of likely N-dealkylation sites (N-methyl/N-ethyl adjacent to an activating group) is 1. The summed E-state index contributed by atoms with van der Waals surface area (Å²) in [6, 6.07) is 0. The highest BCUT2D eigenvalue weighted by molar-refractivity contribution is 5.70. The van der Waals surface area contributed by atoms with E-state index in [1.807, 2.05) is 21.1 Å². The number of carbonyl (C=O) groups excluding carboxylic acids is 3. The molecule has 404 valence electrons. The highest BCUT2D eigenvalue weighted by Crippen LogP contribution is 2.18. The first-order valence-corrected chi connectivity index (χ1v) is 29.7. The Labute approximate surface area is 422 Å². The number of esters is 2. The average molecular weight is 967 g/mol. The lowest BCUT2D eigenvalue weighted by Gasteiger charge is -2.26. The number of ether oxygens (including phenoxy) is 4. The molecule has 0 radical (unpaired) electrons. The Kier molecular flexibility index (Phi) is 50.3. The third-order valence-electron chi connectivity index (χ3n) is 13.6. The number of rotatable bonds is 56. The molecule has 0 aromatic rings. The Morgan fingerprint density at radius 1 is 0.382 bits per heavy atom. The van der Waals surface area contributed by atoms with Gasteiger partial charge >= 0.3 is 11.9 Å². The molecule has 0 N–H and O–H groups in total. The SMILES string of the molecule is CCCCCCCCCCCCCCCCCCCCCCCCCCCCCCCCCCCCCCC(=O)OC(COC(=O)CCCCCCCCC)COC(OCC[N+](C)(C)C)C(=O)[O-]. The van der Waals surface area contributed by atoms with Gasteiger partial charge in [0, 0.05) is 12.8 Å². The van der Waals surface area contributed by atoms with E-state index in [-0.39, 0.29) is 32.2 Å². The third-order valence-corrected chi connectivity index (χ3v) is 13.6. The van der Waals surface area contributed by atoms with Gasteiger partial charge in [-0.1, -0.05) is 277 Å². The first kappa shape index (κ1) is 66.3. The van der Waals surface area contributed by atoms with Gasteiger partial charge in [-0.25, -0.2) is 0 Å². The van der Waals surface area contributed by atoms with Gasteiger partial charge in [-0.3, -0.25) is 9.59 Å². The Morgan fingerprint density at radius 3 is 0.941 bits per heavy atom. The van der Waals surface area contributed by atoms with Crippen molar-refractivity contribution in [2.75, 3.05) is 47.5 Å². The van der Waals surface area contributed by atoms with E-state index in [0.29, 0.717) is 17.4 Å². The van der Waals surface area contributed by atoms with Crippen LogP contribution in [-0.2, 0) is 33.3 Å². The maximum Gasteiger partial charge on any atom is 0.306 e. The van der Waals surface area contributed by atoms with Crippen LogP contribution in [0, 0.1) is 0 Å². The molecule has 2 atom stereocenters. The van der Waals surface area contributed by atoms with Crippen LogP contribution in [0.15, 0.2) is 0 Å². The van der Waals surface area contributed by atoms with Gasteiger partial charge in [0.05, 0.1) is 40.3 Å². The average Bonchev–Trinajstić information content (AvgIpc) is 3.30. The fourth-order valence-corrected chi connectivity index (χ4v) is 9.01. The Hall–Kier alpha value is -1.71. The molecule has 68 heavy (non-hydrogen) atoms. The molecule has 0 aliphatic rings. The van der Waals surface area contributed by atoms with Crippen molar-refractivity contribution in [3.05, 3.63) is 0 Å². The van der Waals surface area contributed by atoms with Crippen molar-refractivity contribution in [2.45, 2.75) is 315 Å². The lowest BCUT2D eigenvalue weighted by atomic mass is 10.0. The van der Waals surface area contributed by atoms with Gasteiger partial charge in [-0.05, 0) is 12.8 Å². The predicted molar refractivity (Wildman–Crippen MR) is 284 cm³/mol. The number of unbranched alkanes of at least 4 members (excludes halogenated alkanes) is 41. The van der Waals surface area contributed by atoms with E-state index in [2.05, 4.69) is 13.8 Å². The fourth-order valence-electron chi connectivity index (χ4n) is 9.01. The molecule has 0 aromatic carbocycles. The molecule has 0 amide bonds. The molecule has 0 aliphatic carbocycles. The molecule has 2 unspecified atom stereocenters. The molecule has 0 rings (SSSR count). The number of hydrogen-bond donors (Lipinski definition) is 0. The Bertz CT molecular complexity index is 1080. The standard InChI is InChI=1S/C59H115NO8/c1-6-8-10-12-14-15-16-17-18-19-20-21-22-23-24-25-26-27-28-29-30-31-32-33-34-35-36-37-38-39-40-41-42-44-46-48-50-57(62)68-55(53-66-56(61)49-47-45-43-13-11-9-7-2)54-67-59(58(63)64)65-52-51-60(3,4)5/h55,59H,6-54H2,1-5H3. The second-order valence-corrected chi connectivity index (χ2v) is 21.7. The van der Waals surface area contributed by atoms with Gasteiger partial charge in [0.2, 0.25) is 0 Å². The highest BCUT2D eigenvalue weighted by atomic mass is 16.7. The zero-order valence-corrected chi connectivity index (χ0v) is 46.0. The summed E-state index contributed by atoms with van der Waals surface area (Å²) in [6.45, 7) is 4.74. The van der Waals surface area contributed by atoms with Crippen LogP contribution in [-0.4, -0.2) is 82.3 Å². The lowest BCUT2D eigenvalue weighted by molar-refractivity contribution is -0.870. The summed E-state index contributed by atoms with van der Waals surface area (Å²) >= 11 is 0. The molecule has 9 heteroatoms. The van der Waals surface area contributed by atoms with Crippen LogP contribution in [0.4, 0.5) is 0 Å². The van der Waals surface area contributed by atoms with Crippen LogP contribution in [0.1, 0.15) is 303 Å². The fraction of sp³-hybridized carbons (Fsp3) is 0.949. The molecule has 0 aromatic heterocycles. The quantitative estimate of drug-likeness (QED) is 0.0256. The second kappa shape index (κ2) is 51.6. The number of carboxylic acids is 1. The van der Waals surface area contributed by atoms with Crippen molar-refractivity contribution in [1.29, 1.82) is 0 Å². The van der Waals surface area contributed by atoms with Crippen molar-refractivity contribution in [3.8, 4) is 0 Å². The van der Waals surface area contributed by atoms with Crippen LogP contribution < -0.4 is 5.11 Å². The van der Waals surface area contributed by atoms with E-state index >= 15 is 0 Å². The molecular weight excluding hydrogens is 851 g/mol. The van der Waals surface area contributed by atoms with Gasteiger partial charge in [0.25, 0.3) is 0 Å². The van der Waals surface area contributed by atoms with E-state index in [1.165, 1.54) is 238 Å². The normalized spacial score (nSPS) is 12.7. The van der Waals surface area contributed by atoms with Crippen LogP contribution in [0.5, 0.6) is 0 Å². The topological polar surface area (TPSA) is 111 Å². The van der Waals surface area contributed by atoms with Crippen molar-refractivity contribution < 1.29 is 42.9 Å². The second-order valence-electron chi connectivity index (χ2n) is 21.7. The summed E-state index contributed by atoms with van der Waals surface area (Å²) in [5, 5.41) is 11.7. The number of carbonyl (C=O) groups is 3. The van der Waals surface area contributed by atoms with Crippen LogP contribution >= 0.6 is 0 Å². The minimum Gasteiger partial charge on any atom is -0.545 e. The lowest BCUT2D eigenvalue weighted by Crippen LogP contribution is -2.44. The molecule has 0 saturated heterocycles. The van der Waals surface area contributed by atoms with Gasteiger partial charge in [0.1, 0.15) is 13.2 Å². The van der Waals surface area contributed by atoms with Gasteiger partial charge < -0.3 is 33.3 Å². The zero-order chi connectivity index (χ0) is 49.9. The monoisotopic (exact) mass is 966 g/mol. The van der Waals surface area contributed by atoms with E-state index in [9.17, 15) is 19.5 Å². The maximum absolute atomic E-state index is 12.8. The molecule has 0 bridgehead atoms. The molecule has 0 heterocycles. The highest BCUT2D eigenvalue weighted by Gasteiger charge is 2.22. The Morgan fingerprint density at radius 2 is 0.662 bits per heavy atom. The summed E-state index contributed by atoms with van der Waals surface area (Å²) in [7, 11) is 5.92. The molecule has 9 nitrogen and oxygen atoms in total. The van der Waals surface area contributed by atoms with Gasteiger partial charge in [0.15, 0.2) is 12.4 Å². The summed E-state index contributed by atoms with van der Waals surface area (Å²) in [6.07, 6.45) is 55.1. The zero-order valence-electron chi connectivity index (χ0n) is 46.0. The van der Waals surface area contributed by atoms with E-state index in [1.54, 1.807) is 0 Å². The summed E-state index contributed by atoms with van der Waals surface area (Å²) in [5.41, 5.74) is 0. The molecular formula is C59H115NO8. The number of hydrogen-bond acceptors (Lipinski definition) is 8. The summed E-state index contributed by atoms with van der Waals surface area (Å²) in [5.74, 6) is -2.27. The smallest absolute Gasteiger partial charge is 0.306 e. The minimum absolute atomic E-state index is 0.153. The number of quaternary nitrogens is 1. The molecule has 0 aliphatic heterocycles. The predicted octanol–water partition coefficient (Wildman–Crippen LogP) is 15.9. The van der Waals surface area contributed by atoms with Gasteiger partial charge in [-0.15, -0.1) is 0 Å². The number of nitrogens with zero attached hydrogens (tertiary/aromatic N) is 1. The van der Waals surface area contributed by atoms with Gasteiger partial charge in [-0.2, -0.15) is 0 Å². The third kappa shape index (κ3) is 52.1. The van der Waals surface area contributed by atoms with E-state index in [4.69, 9.17) is 18.9 Å². The van der Waals surface area contributed by atoms with Crippen molar-refractivity contribution in [2.24, 2.45) is 0 Å².